The van der Waals surface area contributed by atoms with E-state index in [-0.39, 0.29) is 24.0 Å². The molecule has 0 aliphatic carbocycles. The molecule has 0 saturated carbocycles. The standard InChI is InChI=1S/C28H36O8/c1-3-27(17-33-18-27)15-31-11-13-35-25(29)23-9-10-24(22-8-6-5-7-21(22)23)26(30)36-14-12-32-16-28(4-2)19-34-20-28/h5-10H,3-4,11-20H2,1-2H3. The van der Waals surface area contributed by atoms with Crippen LogP contribution < -0.4 is 0 Å². The fourth-order valence-corrected chi connectivity index (χ4v) is 4.34. The van der Waals surface area contributed by atoms with E-state index in [9.17, 15) is 9.59 Å². The van der Waals surface area contributed by atoms with Crippen LogP contribution in [-0.4, -0.2) is 78.0 Å². The zero-order valence-electron chi connectivity index (χ0n) is 21.2. The number of hydrogen-bond acceptors (Lipinski definition) is 8. The van der Waals surface area contributed by atoms with Gasteiger partial charge in [0.05, 0.1) is 64.0 Å². The molecular formula is C28H36O8. The highest BCUT2D eigenvalue weighted by molar-refractivity contribution is 6.11. The Morgan fingerprint density at radius 1 is 0.694 bits per heavy atom. The minimum atomic E-state index is -0.454. The van der Waals surface area contributed by atoms with Gasteiger partial charge in [0.15, 0.2) is 0 Å². The maximum absolute atomic E-state index is 12.8. The van der Waals surface area contributed by atoms with Crippen molar-refractivity contribution in [3.05, 3.63) is 47.5 Å². The van der Waals surface area contributed by atoms with E-state index in [0.29, 0.717) is 74.8 Å². The Morgan fingerprint density at radius 2 is 1.11 bits per heavy atom. The molecular weight excluding hydrogens is 464 g/mol. The van der Waals surface area contributed by atoms with E-state index in [0.717, 1.165) is 12.8 Å². The Bertz CT molecular complexity index is 948. The van der Waals surface area contributed by atoms with Crippen LogP contribution in [0, 0.1) is 10.8 Å². The Balaban J connectivity index is 1.28. The minimum Gasteiger partial charge on any atom is -0.460 e. The van der Waals surface area contributed by atoms with Gasteiger partial charge in [-0.2, -0.15) is 0 Å². The van der Waals surface area contributed by atoms with Gasteiger partial charge in [0.25, 0.3) is 0 Å². The summed E-state index contributed by atoms with van der Waals surface area (Å²) in [5.74, 6) is -0.907. The number of esters is 2. The average molecular weight is 501 g/mol. The van der Waals surface area contributed by atoms with Gasteiger partial charge in [-0.05, 0) is 35.7 Å². The van der Waals surface area contributed by atoms with Crippen LogP contribution in [-0.2, 0) is 28.4 Å². The van der Waals surface area contributed by atoms with Crippen molar-refractivity contribution in [3.63, 3.8) is 0 Å². The van der Waals surface area contributed by atoms with Gasteiger partial charge < -0.3 is 28.4 Å². The van der Waals surface area contributed by atoms with Crippen LogP contribution in [0.2, 0.25) is 0 Å². The second kappa shape index (κ2) is 12.1. The van der Waals surface area contributed by atoms with Gasteiger partial charge >= 0.3 is 11.9 Å². The molecule has 8 heteroatoms. The summed E-state index contributed by atoms with van der Waals surface area (Å²) in [6, 6.07) is 10.5. The van der Waals surface area contributed by atoms with E-state index < -0.39 is 11.9 Å². The molecule has 2 aromatic rings. The Labute approximate surface area is 212 Å². The molecule has 2 aromatic carbocycles. The zero-order chi connectivity index (χ0) is 25.4. The molecule has 0 aromatic heterocycles. The first-order chi connectivity index (χ1) is 17.5. The summed E-state index contributed by atoms with van der Waals surface area (Å²) >= 11 is 0. The van der Waals surface area contributed by atoms with Crippen molar-refractivity contribution in [3.8, 4) is 0 Å². The van der Waals surface area contributed by atoms with E-state index in [1.54, 1.807) is 24.3 Å². The maximum Gasteiger partial charge on any atom is 0.338 e. The van der Waals surface area contributed by atoms with Crippen molar-refractivity contribution in [2.75, 3.05) is 66.1 Å². The molecule has 0 N–H and O–H groups in total. The van der Waals surface area contributed by atoms with Crippen LogP contribution in [0.3, 0.4) is 0 Å². The summed E-state index contributed by atoms with van der Waals surface area (Å²) in [4.78, 5) is 25.5. The number of benzene rings is 2. The van der Waals surface area contributed by atoms with Crippen molar-refractivity contribution in [1.29, 1.82) is 0 Å². The van der Waals surface area contributed by atoms with Gasteiger partial charge in [0.2, 0.25) is 0 Å². The lowest BCUT2D eigenvalue weighted by Crippen LogP contribution is -2.45. The lowest BCUT2D eigenvalue weighted by molar-refractivity contribution is -0.151. The van der Waals surface area contributed by atoms with Gasteiger partial charge in [-0.15, -0.1) is 0 Å². The van der Waals surface area contributed by atoms with E-state index in [1.807, 2.05) is 12.1 Å². The normalized spacial score (nSPS) is 17.7. The first kappa shape index (κ1) is 26.5. The van der Waals surface area contributed by atoms with Crippen LogP contribution in [0.1, 0.15) is 47.4 Å². The topological polar surface area (TPSA) is 89.5 Å². The van der Waals surface area contributed by atoms with Crippen molar-refractivity contribution in [2.24, 2.45) is 10.8 Å². The lowest BCUT2D eigenvalue weighted by Gasteiger charge is -2.40. The summed E-state index contributed by atoms with van der Waals surface area (Å²) < 4.78 is 32.9. The van der Waals surface area contributed by atoms with Gasteiger partial charge in [0.1, 0.15) is 13.2 Å². The molecule has 4 rings (SSSR count). The predicted octanol–water partition coefficient (Wildman–Crippen LogP) is 4.04. The number of rotatable bonds is 14. The summed E-state index contributed by atoms with van der Waals surface area (Å²) in [5.41, 5.74) is 0.992. The molecule has 0 amide bonds. The van der Waals surface area contributed by atoms with Crippen molar-refractivity contribution in [2.45, 2.75) is 26.7 Å². The monoisotopic (exact) mass is 500 g/mol. The molecule has 196 valence electrons. The third kappa shape index (κ3) is 6.06. The molecule has 2 aliphatic rings. The van der Waals surface area contributed by atoms with Crippen LogP contribution in [0.4, 0.5) is 0 Å². The highest BCUT2D eigenvalue weighted by Crippen LogP contribution is 2.32. The van der Waals surface area contributed by atoms with E-state index in [2.05, 4.69) is 13.8 Å². The fourth-order valence-electron chi connectivity index (χ4n) is 4.34. The SMILES string of the molecule is CCC1(COCCOC(=O)c2ccc(C(=O)OCCOCC3(CC)COC3)c3ccccc23)COC1. The summed E-state index contributed by atoms with van der Waals surface area (Å²) in [5, 5.41) is 1.28. The van der Waals surface area contributed by atoms with Crippen LogP contribution in [0.15, 0.2) is 36.4 Å². The van der Waals surface area contributed by atoms with Gasteiger partial charge in [-0.3, -0.25) is 0 Å². The number of fused-ring (bicyclic) bond motifs is 1. The number of hydrogen-bond donors (Lipinski definition) is 0. The van der Waals surface area contributed by atoms with Gasteiger partial charge in [-0.25, -0.2) is 9.59 Å². The Kier molecular flexibility index (Phi) is 8.95. The number of carbonyl (C=O) groups excluding carboxylic acids is 2. The molecule has 0 atom stereocenters. The van der Waals surface area contributed by atoms with Gasteiger partial charge in [-0.1, -0.05) is 38.1 Å². The van der Waals surface area contributed by atoms with Crippen molar-refractivity contribution < 1.29 is 38.0 Å². The number of ether oxygens (including phenoxy) is 6. The highest BCUT2D eigenvalue weighted by atomic mass is 16.6. The number of carbonyl (C=O) groups is 2. The second-order valence-electron chi connectivity index (χ2n) is 9.78. The van der Waals surface area contributed by atoms with E-state index in [1.165, 1.54) is 0 Å². The third-order valence-electron chi connectivity index (χ3n) is 7.24. The van der Waals surface area contributed by atoms with E-state index in [4.69, 9.17) is 28.4 Å². The largest absolute Gasteiger partial charge is 0.460 e. The smallest absolute Gasteiger partial charge is 0.338 e. The van der Waals surface area contributed by atoms with E-state index >= 15 is 0 Å². The third-order valence-corrected chi connectivity index (χ3v) is 7.24. The molecule has 0 radical (unpaired) electrons. The molecule has 2 fully saturated rings. The Morgan fingerprint density at radius 3 is 1.44 bits per heavy atom. The average Bonchev–Trinajstić information content (AvgIpc) is 2.85. The van der Waals surface area contributed by atoms with Crippen LogP contribution >= 0.6 is 0 Å². The first-order valence-electron chi connectivity index (χ1n) is 12.7. The predicted molar refractivity (Wildman–Crippen MR) is 133 cm³/mol. The molecule has 0 spiro atoms. The van der Waals surface area contributed by atoms with Crippen LogP contribution in [0.5, 0.6) is 0 Å². The molecule has 8 nitrogen and oxygen atoms in total. The summed E-state index contributed by atoms with van der Waals surface area (Å²) in [7, 11) is 0. The minimum absolute atomic E-state index is 0.0972. The first-order valence-corrected chi connectivity index (χ1v) is 12.7. The summed E-state index contributed by atoms with van der Waals surface area (Å²) in [6.07, 6.45) is 1.99. The van der Waals surface area contributed by atoms with Crippen molar-refractivity contribution in [1.82, 2.24) is 0 Å². The quantitative estimate of drug-likeness (QED) is 0.284. The summed E-state index contributed by atoms with van der Waals surface area (Å²) in [6.45, 7) is 9.26. The second-order valence-corrected chi connectivity index (χ2v) is 9.78. The fraction of sp³-hybridized carbons (Fsp3) is 0.571. The molecule has 36 heavy (non-hydrogen) atoms. The maximum atomic E-state index is 12.8. The molecule has 0 unspecified atom stereocenters. The molecule has 2 heterocycles. The van der Waals surface area contributed by atoms with Gasteiger partial charge in [0, 0.05) is 10.8 Å². The molecule has 2 saturated heterocycles. The Hall–Kier alpha value is -2.52. The van der Waals surface area contributed by atoms with Crippen molar-refractivity contribution >= 4 is 22.7 Å². The molecule has 0 bridgehead atoms. The molecule has 2 aliphatic heterocycles. The lowest BCUT2D eigenvalue weighted by atomic mass is 9.84. The zero-order valence-corrected chi connectivity index (χ0v) is 21.2. The van der Waals surface area contributed by atoms with Crippen LogP contribution in [0.25, 0.3) is 10.8 Å². The highest BCUT2D eigenvalue weighted by Gasteiger charge is 2.37.